The summed E-state index contributed by atoms with van der Waals surface area (Å²) in [5.41, 5.74) is 1.03. The molecule has 0 aliphatic carbocycles. The van der Waals surface area contributed by atoms with Gasteiger partial charge in [-0.25, -0.2) is 13.4 Å². The van der Waals surface area contributed by atoms with Crippen LogP contribution in [-0.2, 0) is 21.3 Å². The molecule has 0 spiro atoms. The number of ether oxygens (including phenoxy) is 1. The van der Waals surface area contributed by atoms with E-state index in [1.165, 1.54) is 17.6 Å². The van der Waals surface area contributed by atoms with Crippen LogP contribution in [-0.4, -0.2) is 30.7 Å². The van der Waals surface area contributed by atoms with Gasteiger partial charge in [-0.3, -0.25) is 0 Å². The molecule has 10 heteroatoms. The highest BCUT2D eigenvalue weighted by Gasteiger charge is 2.21. The third-order valence-electron chi connectivity index (χ3n) is 3.81. The number of nitrogens with zero attached hydrogens (tertiary/aromatic N) is 3. The van der Waals surface area contributed by atoms with Crippen molar-refractivity contribution in [1.29, 1.82) is 0 Å². The minimum Gasteiger partial charge on any atom is -0.497 e. The van der Waals surface area contributed by atoms with Crippen molar-refractivity contribution >= 4 is 21.2 Å². The first-order valence-electron chi connectivity index (χ1n) is 8.18. The quantitative estimate of drug-likeness (QED) is 0.449. The minimum absolute atomic E-state index is 0.0438. The first-order chi connectivity index (χ1) is 13.5. The van der Waals surface area contributed by atoms with Crippen LogP contribution in [0.5, 0.6) is 5.75 Å². The fraction of sp³-hybridized carbons (Fsp3) is 0.167. The standard InChI is InChI=1S/C18H15N3O5S2/c1-24-14-6-4-12(5-7-14)18-19-13(9-25-18)10-28(22,23)11-16-20-17(21-26-16)15-3-2-8-27-15/h2-9H,10-11H2,1H3. The zero-order valence-electron chi connectivity index (χ0n) is 14.7. The fourth-order valence-electron chi connectivity index (χ4n) is 2.52. The monoisotopic (exact) mass is 417 g/mol. The van der Waals surface area contributed by atoms with Crippen molar-refractivity contribution in [1.82, 2.24) is 15.1 Å². The number of hydrogen-bond acceptors (Lipinski definition) is 9. The molecule has 3 aromatic heterocycles. The fourth-order valence-corrected chi connectivity index (χ4v) is 4.35. The van der Waals surface area contributed by atoms with Crippen LogP contribution in [0.4, 0.5) is 0 Å². The Hall–Kier alpha value is -2.98. The molecule has 0 saturated carbocycles. The van der Waals surface area contributed by atoms with E-state index < -0.39 is 9.84 Å². The number of benzene rings is 1. The van der Waals surface area contributed by atoms with E-state index in [0.717, 1.165) is 10.4 Å². The molecule has 4 rings (SSSR count). The summed E-state index contributed by atoms with van der Waals surface area (Å²) in [7, 11) is -1.98. The summed E-state index contributed by atoms with van der Waals surface area (Å²) in [5, 5.41) is 5.71. The van der Waals surface area contributed by atoms with Crippen molar-refractivity contribution in [2.24, 2.45) is 0 Å². The molecule has 4 aromatic rings. The lowest BCUT2D eigenvalue weighted by Crippen LogP contribution is -2.08. The molecule has 0 radical (unpaired) electrons. The summed E-state index contributed by atoms with van der Waals surface area (Å²) in [6, 6.07) is 10.8. The smallest absolute Gasteiger partial charge is 0.242 e. The number of aromatic nitrogens is 3. The highest BCUT2D eigenvalue weighted by Crippen LogP contribution is 2.24. The van der Waals surface area contributed by atoms with E-state index in [0.29, 0.717) is 23.2 Å². The van der Waals surface area contributed by atoms with Crippen molar-refractivity contribution < 1.29 is 22.1 Å². The molecule has 0 atom stereocenters. The van der Waals surface area contributed by atoms with Crippen LogP contribution in [0.2, 0.25) is 0 Å². The van der Waals surface area contributed by atoms with E-state index in [-0.39, 0.29) is 17.4 Å². The first kappa shape index (κ1) is 18.4. The SMILES string of the molecule is COc1ccc(-c2nc(CS(=O)(=O)Cc3nc(-c4cccs4)no3)co2)cc1. The molecule has 3 heterocycles. The Morgan fingerprint density at radius 3 is 2.64 bits per heavy atom. The van der Waals surface area contributed by atoms with Crippen LogP contribution in [0.3, 0.4) is 0 Å². The summed E-state index contributed by atoms with van der Waals surface area (Å²) >= 11 is 1.45. The predicted octanol–water partition coefficient (Wildman–Crippen LogP) is 3.58. The van der Waals surface area contributed by atoms with Crippen LogP contribution in [0.1, 0.15) is 11.6 Å². The van der Waals surface area contributed by atoms with E-state index in [4.69, 9.17) is 13.7 Å². The van der Waals surface area contributed by atoms with Crippen molar-refractivity contribution in [2.45, 2.75) is 11.5 Å². The average molecular weight is 417 g/mol. The number of thiophene rings is 1. The van der Waals surface area contributed by atoms with Crippen molar-refractivity contribution in [3.63, 3.8) is 0 Å². The molecule has 0 amide bonds. The van der Waals surface area contributed by atoms with Crippen LogP contribution in [0.25, 0.3) is 22.2 Å². The second-order valence-electron chi connectivity index (χ2n) is 5.89. The largest absolute Gasteiger partial charge is 0.497 e. The molecule has 0 N–H and O–H groups in total. The van der Waals surface area contributed by atoms with Crippen LogP contribution in [0, 0.1) is 0 Å². The number of sulfone groups is 1. The number of rotatable bonds is 7. The molecule has 0 saturated heterocycles. The van der Waals surface area contributed by atoms with Gasteiger partial charge in [0.15, 0.2) is 9.84 Å². The lowest BCUT2D eigenvalue weighted by molar-refractivity contribution is 0.389. The molecule has 0 fully saturated rings. The van der Waals surface area contributed by atoms with Crippen molar-refractivity contribution in [2.75, 3.05) is 7.11 Å². The summed E-state index contributed by atoms with van der Waals surface area (Å²) < 4.78 is 40.5. The van der Waals surface area contributed by atoms with Crippen molar-refractivity contribution in [3.8, 4) is 27.9 Å². The minimum atomic E-state index is -3.56. The van der Waals surface area contributed by atoms with Crippen LogP contribution >= 0.6 is 11.3 Å². The van der Waals surface area contributed by atoms with Gasteiger partial charge in [0.25, 0.3) is 0 Å². The third kappa shape index (κ3) is 4.12. The summed E-state index contributed by atoms with van der Waals surface area (Å²) in [6.07, 6.45) is 1.34. The normalized spacial score (nSPS) is 11.6. The summed E-state index contributed by atoms with van der Waals surface area (Å²) in [4.78, 5) is 9.22. The highest BCUT2D eigenvalue weighted by atomic mass is 32.2. The van der Waals surface area contributed by atoms with Gasteiger partial charge in [-0.15, -0.1) is 11.3 Å². The third-order valence-corrected chi connectivity index (χ3v) is 6.10. The Bertz CT molecular complexity index is 1160. The zero-order chi connectivity index (χ0) is 19.6. The molecule has 8 nitrogen and oxygen atoms in total. The highest BCUT2D eigenvalue weighted by molar-refractivity contribution is 7.89. The van der Waals surface area contributed by atoms with Gasteiger partial charge in [0.1, 0.15) is 17.8 Å². The van der Waals surface area contributed by atoms with Crippen LogP contribution < -0.4 is 4.74 Å². The van der Waals surface area contributed by atoms with E-state index in [1.54, 1.807) is 31.4 Å². The Morgan fingerprint density at radius 2 is 1.93 bits per heavy atom. The molecule has 0 unspecified atom stereocenters. The molecular weight excluding hydrogens is 402 g/mol. The lowest BCUT2D eigenvalue weighted by atomic mass is 10.2. The van der Waals surface area contributed by atoms with Gasteiger partial charge < -0.3 is 13.7 Å². The van der Waals surface area contributed by atoms with Crippen molar-refractivity contribution in [3.05, 3.63) is 59.6 Å². The Balaban J connectivity index is 1.45. The maximum absolute atomic E-state index is 12.5. The Morgan fingerprint density at radius 1 is 1.11 bits per heavy atom. The summed E-state index contributed by atoms with van der Waals surface area (Å²) in [6.45, 7) is 0. The Labute approximate surface area is 164 Å². The molecule has 0 bridgehead atoms. The van der Waals surface area contributed by atoms with Gasteiger partial charge in [-0.05, 0) is 35.7 Å². The van der Waals surface area contributed by atoms with Gasteiger partial charge in [0, 0.05) is 5.56 Å². The molecule has 0 aliphatic heterocycles. The number of methoxy groups -OCH3 is 1. The molecule has 0 aliphatic rings. The molecule has 28 heavy (non-hydrogen) atoms. The first-order valence-corrected chi connectivity index (χ1v) is 10.9. The van der Waals surface area contributed by atoms with E-state index in [9.17, 15) is 8.42 Å². The van der Waals surface area contributed by atoms with Gasteiger partial charge >= 0.3 is 0 Å². The maximum Gasteiger partial charge on any atom is 0.242 e. The number of hydrogen-bond donors (Lipinski definition) is 0. The zero-order valence-corrected chi connectivity index (χ0v) is 16.4. The van der Waals surface area contributed by atoms with E-state index >= 15 is 0 Å². The average Bonchev–Trinajstić information content (AvgIpc) is 3.42. The van der Waals surface area contributed by atoms with Gasteiger partial charge in [0.2, 0.25) is 17.6 Å². The maximum atomic E-state index is 12.5. The van der Waals surface area contributed by atoms with Gasteiger partial charge in [-0.1, -0.05) is 11.2 Å². The lowest BCUT2D eigenvalue weighted by Gasteiger charge is -1.99. The second kappa shape index (κ2) is 7.56. The van der Waals surface area contributed by atoms with Gasteiger partial charge in [0.05, 0.1) is 23.4 Å². The van der Waals surface area contributed by atoms with E-state index in [2.05, 4.69) is 15.1 Å². The summed E-state index contributed by atoms with van der Waals surface area (Å²) in [5.74, 6) is 0.815. The predicted molar refractivity (Wildman–Crippen MR) is 102 cm³/mol. The topological polar surface area (TPSA) is 108 Å². The van der Waals surface area contributed by atoms with Crippen LogP contribution in [0.15, 0.2) is 57.0 Å². The molecular formula is C18H15N3O5S2. The van der Waals surface area contributed by atoms with E-state index in [1.807, 2.05) is 17.5 Å². The number of oxazole rings is 1. The molecule has 1 aromatic carbocycles. The second-order valence-corrected chi connectivity index (χ2v) is 8.91. The molecule has 144 valence electrons. The Kier molecular flexibility index (Phi) is 4.97. The van der Waals surface area contributed by atoms with Gasteiger partial charge in [-0.2, -0.15) is 4.98 Å².